The molecule has 4 heteroatoms. The normalized spacial score (nSPS) is 31.1. The van der Waals surface area contributed by atoms with Crippen LogP contribution in [0.5, 0.6) is 0 Å². The van der Waals surface area contributed by atoms with Crippen LogP contribution in [0.2, 0.25) is 0 Å². The molecule has 0 saturated heterocycles. The molecular weight excluding hydrogens is 268 g/mol. The Morgan fingerprint density at radius 1 is 0.905 bits per heavy atom. The van der Waals surface area contributed by atoms with E-state index in [0.29, 0.717) is 0 Å². The molecule has 0 spiro atoms. The van der Waals surface area contributed by atoms with Crippen LogP contribution in [-0.2, 0) is 9.59 Å². The molecule has 3 unspecified atom stereocenters. The van der Waals surface area contributed by atoms with Gasteiger partial charge in [-0.05, 0) is 31.1 Å². The molecule has 1 rings (SSSR count). The van der Waals surface area contributed by atoms with Crippen LogP contribution < -0.4 is 0 Å². The van der Waals surface area contributed by atoms with Crippen LogP contribution >= 0.6 is 0 Å². The van der Waals surface area contributed by atoms with Crippen LogP contribution in [0.1, 0.15) is 78.6 Å². The first-order valence-corrected chi connectivity index (χ1v) is 8.22. The molecule has 21 heavy (non-hydrogen) atoms. The van der Waals surface area contributed by atoms with Gasteiger partial charge in [0.2, 0.25) is 0 Å². The first-order valence-electron chi connectivity index (χ1n) is 8.22. The van der Waals surface area contributed by atoms with Gasteiger partial charge in [0, 0.05) is 6.42 Å². The first-order chi connectivity index (χ1) is 9.76. The molecule has 0 aromatic heterocycles. The maximum absolute atomic E-state index is 11.4. The summed E-state index contributed by atoms with van der Waals surface area (Å²) in [5, 5.41) is 17.9. The van der Waals surface area contributed by atoms with Gasteiger partial charge in [-0.3, -0.25) is 9.59 Å². The molecule has 1 aliphatic carbocycles. The summed E-state index contributed by atoms with van der Waals surface area (Å²) >= 11 is 0. The summed E-state index contributed by atoms with van der Waals surface area (Å²) in [6.45, 7) is 6.04. The van der Waals surface area contributed by atoms with Crippen molar-refractivity contribution in [2.45, 2.75) is 78.6 Å². The van der Waals surface area contributed by atoms with Crippen molar-refractivity contribution in [2.24, 2.45) is 16.7 Å². The average molecular weight is 298 g/mol. The molecule has 2 N–H and O–H groups in total. The average Bonchev–Trinajstić information content (AvgIpc) is 2.84. The van der Waals surface area contributed by atoms with E-state index in [1.54, 1.807) is 0 Å². The number of aliphatic carboxylic acids is 2. The van der Waals surface area contributed by atoms with Gasteiger partial charge in [0.15, 0.2) is 0 Å². The highest BCUT2D eigenvalue weighted by molar-refractivity contribution is 5.80. The van der Waals surface area contributed by atoms with Gasteiger partial charge in [-0.1, -0.05) is 52.4 Å². The third-order valence-corrected chi connectivity index (χ3v) is 5.96. The topological polar surface area (TPSA) is 74.6 Å². The molecule has 0 aromatic carbocycles. The van der Waals surface area contributed by atoms with Gasteiger partial charge in [-0.2, -0.15) is 0 Å². The zero-order chi connectivity index (χ0) is 16.1. The van der Waals surface area contributed by atoms with Gasteiger partial charge >= 0.3 is 11.9 Å². The van der Waals surface area contributed by atoms with E-state index in [0.717, 1.165) is 44.9 Å². The smallest absolute Gasteiger partial charge is 0.310 e. The molecule has 1 saturated carbocycles. The van der Waals surface area contributed by atoms with E-state index >= 15 is 0 Å². The van der Waals surface area contributed by atoms with Crippen LogP contribution in [0, 0.1) is 16.7 Å². The van der Waals surface area contributed by atoms with Gasteiger partial charge in [0.25, 0.3) is 0 Å². The van der Waals surface area contributed by atoms with Crippen molar-refractivity contribution in [1.82, 2.24) is 0 Å². The maximum atomic E-state index is 11.4. The van der Waals surface area contributed by atoms with Crippen LogP contribution in [0.15, 0.2) is 0 Å². The van der Waals surface area contributed by atoms with E-state index < -0.39 is 17.4 Å². The minimum absolute atomic E-state index is 0.0413. The van der Waals surface area contributed by atoms with Gasteiger partial charge in [-0.15, -0.1) is 0 Å². The number of hydrogen-bond donors (Lipinski definition) is 2. The summed E-state index contributed by atoms with van der Waals surface area (Å²) in [6, 6.07) is 0. The van der Waals surface area contributed by atoms with Gasteiger partial charge in [0.1, 0.15) is 0 Å². The predicted octanol–water partition coefficient (Wildman–Crippen LogP) is 4.33. The van der Waals surface area contributed by atoms with Crippen molar-refractivity contribution in [1.29, 1.82) is 0 Å². The lowest BCUT2D eigenvalue weighted by atomic mass is 9.90. The van der Waals surface area contributed by atoms with Crippen molar-refractivity contribution in [3.8, 4) is 0 Å². The molecule has 0 bridgehead atoms. The molecule has 3 atom stereocenters. The van der Waals surface area contributed by atoms with Crippen molar-refractivity contribution < 1.29 is 19.8 Å². The Kier molecular flexibility index (Phi) is 6.24. The molecule has 4 nitrogen and oxygen atoms in total. The third kappa shape index (κ3) is 3.98. The second-order valence-electron chi connectivity index (χ2n) is 7.02. The fourth-order valence-corrected chi connectivity index (χ4v) is 3.71. The molecule has 0 aromatic rings. The number of hydrogen-bond acceptors (Lipinski definition) is 2. The number of rotatable bonds is 11. The lowest BCUT2D eigenvalue weighted by molar-refractivity contribution is -0.144. The third-order valence-electron chi connectivity index (χ3n) is 5.96. The Hall–Kier alpha value is -1.06. The van der Waals surface area contributed by atoms with Crippen molar-refractivity contribution in [3.63, 3.8) is 0 Å². The van der Waals surface area contributed by atoms with E-state index in [2.05, 4.69) is 13.8 Å². The van der Waals surface area contributed by atoms with Crippen molar-refractivity contribution >= 4 is 11.9 Å². The van der Waals surface area contributed by atoms with E-state index in [1.165, 1.54) is 6.42 Å². The van der Waals surface area contributed by atoms with E-state index in [4.69, 9.17) is 5.11 Å². The van der Waals surface area contributed by atoms with Crippen LogP contribution in [0.4, 0.5) is 0 Å². The molecule has 0 heterocycles. The van der Waals surface area contributed by atoms with Crippen LogP contribution in [-0.4, -0.2) is 22.2 Å². The molecule has 0 aliphatic heterocycles. The van der Waals surface area contributed by atoms with Gasteiger partial charge in [0.05, 0.1) is 5.41 Å². The Morgan fingerprint density at radius 2 is 1.38 bits per heavy atom. The van der Waals surface area contributed by atoms with E-state index in [1.807, 2.05) is 6.92 Å². The molecule has 1 fully saturated rings. The largest absolute Gasteiger partial charge is 0.481 e. The fourth-order valence-electron chi connectivity index (χ4n) is 3.71. The zero-order valence-corrected chi connectivity index (χ0v) is 13.7. The van der Waals surface area contributed by atoms with E-state index in [9.17, 15) is 14.7 Å². The molecule has 122 valence electrons. The second-order valence-corrected chi connectivity index (χ2v) is 7.02. The minimum Gasteiger partial charge on any atom is -0.481 e. The number of carboxylic acid groups (broad SMARTS) is 2. The van der Waals surface area contributed by atoms with Crippen LogP contribution in [0.3, 0.4) is 0 Å². The maximum Gasteiger partial charge on any atom is 0.310 e. The fraction of sp³-hybridized carbons (Fsp3) is 0.882. The summed E-state index contributed by atoms with van der Waals surface area (Å²) in [6.07, 6.45) is 8.73. The highest BCUT2D eigenvalue weighted by Gasteiger charge is 2.72. The Morgan fingerprint density at radius 3 is 1.81 bits per heavy atom. The molecule has 0 amide bonds. The summed E-state index contributed by atoms with van der Waals surface area (Å²) in [5.41, 5.74) is -0.579. The van der Waals surface area contributed by atoms with Gasteiger partial charge in [-0.25, -0.2) is 0 Å². The number of unbranched alkanes of at least 4 members (excludes halogenated alkanes) is 6. The minimum atomic E-state index is -0.705. The van der Waals surface area contributed by atoms with Crippen molar-refractivity contribution in [3.05, 3.63) is 0 Å². The summed E-state index contributed by atoms with van der Waals surface area (Å²) in [7, 11) is 0. The summed E-state index contributed by atoms with van der Waals surface area (Å²) < 4.78 is 0. The SMILES string of the molecule is CC1C(C)(CCCCCCCCCC(=O)O)C1(C)C(=O)O. The number of carbonyl (C=O) groups is 2. The molecule has 1 aliphatic rings. The molecular formula is C17H30O4. The van der Waals surface area contributed by atoms with Crippen molar-refractivity contribution in [2.75, 3.05) is 0 Å². The Labute approximate surface area is 127 Å². The zero-order valence-electron chi connectivity index (χ0n) is 13.7. The lowest BCUT2D eigenvalue weighted by Crippen LogP contribution is -2.18. The van der Waals surface area contributed by atoms with Crippen LogP contribution in [0.25, 0.3) is 0 Å². The summed E-state index contributed by atoms with van der Waals surface area (Å²) in [5.74, 6) is -1.10. The number of carboxylic acids is 2. The standard InChI is InChI=1S/C17H30O4/c1-13-16(2,17(13,3)15(20)21)12-10-8-6-4-5-7-9-11-14(18)19/h13H,4-12H2,1-3H3,(H,18,19)(H,20,21). The lowest BCUT2D eigenvalue weighted by Gasteiger charge is -2.14. The highest BCUT2D eigenvalue weighted by atomic mass is 16.4. The second kappa shape index (κ2) is 7.28. The monoisotopic (exact) mass is 298 g/mol. The van der Waals surface area contributed by atoms with Gasteiger partial charge < -0.3 is 10.2 Å². The highest BCUT2D eigenvalue weighted by Crippen LogP contribution is 2.71. The quantitative estimate of drug-likeness (QED) is 0.557. The Balaban J connectivity index is 2.05. The summed E-state index contributed by atoms with van der Waals surface area (Å²) in [4.78, 5) is 21.7. The van der Waals surface area contributed by atoms with E-state index in [-0.39, 0.29) is 17.8 Å². The molecule has 0 radical (unpaired) electrons. The predicted molar refractivity (Wildman–Crippen MR) is 82.2 cm³/mol. The first kappa shape index (κ1) is 18.0. The Bertz CT molecular complexity index is 379.